The molecule has 25 heavy (non-hydrogen) atoms. The number of quaternary nitrogens is 1. The standard InChI is InChI=1S/C20H28N4O/c1-4-8-18-19(20(25)23-13-11-22(3)12-14-23)16(2)24(21-18)15-17-9-6-5-7-10-17/h5-7,9-10H,4,8,11-15H2,1-3H3/p+1. The maximum atomic E-state index is 13.2. The van der Waals surface area contributed by atoms with Gasteiger partial charge in [0.1, 0.15) is 0 Å². The number of nitrogens with one attached hydrogen (secondary N) is 1. The van der Waals surface area contributed by atoms with Gasteiger partial charge in [0.2, 0.25) is 0 Å². The zero-order chi connectivity index (χ0) is 17.8. The minimum absolute atomic E-state index is 0.160. The van der Waals surface area contributed by atoms with Crippen LogP contribution >= 0.6 is 0 Å². The Labute approximate surface area is 150 Å². The van der Waals surface area contributed by atoms with E-state index in [0.717, 1.165) is 56.0 Å². The van der Waals surface area contributed by atoms with Gasteiger partial charge in [0.05, 0.1) is 51.0 Å². The predicted molar refractivity (Wildman–Crippen MR) is 99.0 cm³/mol. The van der Waals surface area contributed by atoms with Crippen LogP contribution < -0.4 is 4.90 Å². The van der Waals surface area contributed by atoms with E-state index in [1.807, 2.05) is 34.7 Å². The van der Waals surface area contributed by atoms with Gasteiger partial charge < -0.3 is 9.80 Å². The van der Waals surface area contributed by atoms with Gasteiger partial charge in [-0.3, -0.25) is 9.48 Å². The lowest BCUT2D eigenvalue weighted by Gasteiger charge is -2.30. The molecule has 1 saturated heterocycles. The summed E-state index contributed by atoms with van der Waals surface area (Å²) in [7, 11) is 2.19. The molecule has 1 aromatic carbocycles. The number of carbonyl (C=O) groups is 1. The molecule has 0 unspecified atom stereocenters. The van der Waals surface area contributed by atoms with Crippen molar-refractivity contribution in [2.45, 2.75) is 33.2 Å². The Bertz CT molecular complexity index is 715. The van der Waals surface area contributed by atoms with Crippen molar-refractivity contribution >= 4 is 5.91 Å². The lowest BCUT2D eigenvalue weighted by atomic mass is 10.1. The second kappa shape index (κ2) is 7.83. The topological polar surface area (TPSA) is 42.6 Å². The molecule has 0 spiro atoms. The van der Waals surface area contributed by atoms with Crippen LogP contribution in [0.4, 0.5) is 0 Å². The fourth-order valence-corrected chi connectivity index (χ4v) is 3.46. The number of aryl methyl sites for hydroxylation is 1. The lowest BCUT2D eigenvalue weighted by molar-refractivity contribution is -0.883. The van der Waals surface area contributed by atoms with Crippen molar-refractivity contribution < 1.29 is 9.69 Å². The summed E-state index contributed by atoms with van der Waals surface area (Å²) < 4.78 is 1.99. The van der Waals surface area contributed by atoms with Gasteiger partial charge in [-0.25, -0.2) is 0 Å². The second-order valence-electron chi connectivity index (χ2n) is 7.05. The fraction of sp³-hybridized carbons (Fsp3) is 0.500. The number of piperazine rings is 1. The Morgan fingerprint density at radius 1 is 1.20 bits per heavy atom. The molecule has 134 valence electrons. The highest BCUT2D eigenvalue weighted by atomic mass is 16.2. The average Bonchev–Trinajstić information content (AvgIpc) is 2.92. The van der Waals surface area contributed by atoms with E-state index < -0.39 is 0 Å². The molecule has 1 aromatic heterocycles. The molecule has 1 aliphatic heterocycles. The van der Waals surface area contributed by atoms with E-state index >= 15 is 0 Å². The fourth-order valence-electron chi connectivity index (χ4n) is 3.46. The highest BCUT2D eigenvalue weighted by Gasteiger charge is 2.28. The van der Waals surface area contributed by atoms with Gasteiger partial charge in [-0.1, -0.05) is 43.7 Å². The minimum atomic E-state index is 0.160. The maximum Gasteiger partial charge on any atom is 0.258 e. The van der Waals surface area contributed by atoms with Gasteiger partial charge in [0.25, 0.3) is 5.91 Å². The molecule has 2 aromatic rings. The molecule has 1 N–H and O–H groups in total. The molecule has 0 radical (unpaired) electrons. The van der Waals surface area contributed by atoms with Crippen LogP contribution in [0.1, 0.15) is 40.7 Å². The summed E-state index contributed by atoms with van der Waals surface area (Å²) >= 11 is 0. The maximum absolute atomic E-state index is 13.2. The summed E-state index contributed by atoms with van der Waals surface area (Å²) in [6.07, 6.45) is 1.84. The quantitative estimate of drug-likeness (QED) is 0.887. The van der Waals surface area contributed by atoms with E-state index in [2.05, 4.69) is 26.1 Å². The number of carbonyl (C=O) groups excluding carboxylic acids is 1. The van der Waals surface area contributed by atoms with Gasteiger partial charge >= 0.3 is 0 Å². The van der Waals surface area contributed by atoms with Gasteiger partial charge in [0.15, 0.2) is 0 Å². The number of amides is 1. The third-order valence-corrected chi connectivity index (χ3v) is 5.06. The van der Waals surface area contributed by atoms with Crippen molar-refractivity contribution in [2.24, 2.45) is 0 Å². The summed E-state index contributed by atoms with van der Waals surface area (Å²) in [6, 6.07) is 10.3. The molecule has 1 aliphatic rings. The van der Waals surface area contributed by atoms with Gasteiger partial charge in [0, 0.05) is 5.69 Å². The Balaban J connectivity index is 1.88. The van der Waals surface area contributed by atoms with Gasteiger partial charge in [-0.15, -0.1) is 0 Å². The molecule has 0 atom stereocenters. The predicted octanol–water partition coefficient (Wildman–Crippen LogP) is 1.16. The van der Waals surface area contributed by atoms with Crippen LogP contribution in [0.3, 0.4) is 0 Å². The smallest absolute Gasteiger partial charge is 0.258 e. The van der Waals surface area contributed by atoms with Crippen LogP contribution in [0.2, 0.25) is 0 Å². The Morgan fingerprint density at radius 2 is 1.88 bits per heavy atom. The number of nitrogens with zero attached hydrogens (tertiary/aromatic N) is 3. The summed E-state index contributed by atoms with van der Waals surface area (Å²) in [6.45, 7) is 8.59. The van der Waals surface area contributed by atoms with E-state index in [1.165, 1.54) is 10.5 Å². The molecule has 5 heteroatoms. The van der Waals surface area contributed by atoms with Crippen molar-refractivity contribution in [2.75, 3.05) is 33.2 Å². The van der Waals surface area contributed by atoms with Crippen LogP contribution in [-0.2, 0) is 13.0 Å². The van der Waals surface area contributed by atoms with E-state index in [4.69, 9.17) is 5.10 Å². The molecular weight excluding hydrogens is 312 g/mol. The highest BCUT2D eigenvalue weighted by Crippen LogP contribution is 2.19. The van der Waals surface area contributed by atoms with Crippen molar-refractivity contribution in [1.29, 1.82) is 0 Å². The van der Waals surface area contributed by atoms with Gasteiger partial charge in [-0.2, -0.15) is 5.10 Å². The monoisotopic (exact) mass is 341 g/mol. The zero-order valence-electron chi connectivity index (χ0n) is 15.6. The van der Waals surface area contributed by atoms with E-state index in [1.54, 1.807) is 0 Å². The first-order chi connectivity index (χ1) is 12.1. The number of likely N-dealkylation sites (N-methyl/N-ethyl adjacent to an activating group) is 1. The minimum Gasteiger partial charge on any atom is -0.334 e. The van der Waals surface area contributed by atoms with E-state index in [-0.39, 0.29) is 5.91 Å². The third kappa shape index (κ3) is 3.93. The van der Waals surface area contributed by atoms with Crippen LogP contribution in [0, 0.1) is 6.92 Å². The van der Waals surface area contributed by atoms with Crippen molar-refractivity contribution in [3.8, 4) is 0 Å². The lowest BCUT2D eigenvalue weighted by Crippen LogP contribution is -3.12. The summed E-state index contributed by atoms with van der Waals surface area (Å²) in [5.74, 6) is 0.160. The summed E-state index contributed by atoms with van der Waals surface area (Å²) in [4.78, 5) is 16.6. The molecule has 0 bridgehead atoms. The first-order valence-electron chi connectivity index (χ1n) is 9.31. The molecule has 2 heterocycles. The molecular formula is C20H29N4O+. The van der Waals surface area contributed by atoms with Crippen molar-refractivity contribution in [1.82, 2.24) is 14.7 Å². The number of hydrogen-bond acceptors (Lipinski definition) is 2. The number of benzene rings is 1. The molecule has 0 saturated carbocycles. The van der Waals surface area contributed by atoms with Crippen LogP contribution in [-0.4, -0.2) is 53.8 Å². The number of rotatable bonds is 5. The summed E-state index contributed by atoms with van der Waals surface area (Å²) in [5.41, 5.74) is 3.98. The zero-order valence-corrected chi connectivity index (χ0v) is 15.6. The van der Waals surface area contributed by atoms with Crippen LogP contribution in [0.15, 0.2) is 30.3 Å². The molecule has 1 amide bonds. The molecule has 0 aliphatic carbocycles. The van der Waals surface area contributed by atoms with Gasteiger partial charge in [-0.05, 0) is 18.9 Å². The SMILES string of the molecule is CCCc1nn(Cc2ccccc2)c(C)c1C(=O)N1CC[NH+](C)CC1. The van der Waals surface area contributed by atoms with E-state index in [9.17, 15) is 4.79 Å². The molecule has 1 fully saturated rings. The molecule has 3 rings (SSSR count). The van der Waals surface area contributed by atoms with Crippen molar-refractivity contribution in [3.63, 3.8) is 0 Å². The van der Waals surface area contributed by atoms with Crippen LogP contribution in [0.25, 0.3) is 0 Å². The first-order valence-corrected chi connectivity index (χ1v) is 9.31. The summed E-state index contributed by atoms with van der Waals surface area (Å²) in [5, 5.41) is 4.79. The van der Waals surface area contributed by atoms with Crippen LogP contribution in [0.5, 0.6) is 0 Å². The molecule has 5 nitrogen and oxygen atoms in total. The largest absolute Gasteiger partial charge is 0.334 e. The number of hydrogen-bond donors (Lipinski definition) is 1. The first kappa shape index (κ1) is 17.7. The third-order valence-electron chi connectivity index (χ3n) is 5.06. The normalized spacial score (nSPS) is 15.6. The highest BCUT2D eigenvalue weighted by molar-refractivity contribution is 5.96. The Hall–Kier alpha value is -2.14. The van der Waals surface area contributed by atoms with E-state index in [0.29, 0.717) is 6.54 Å². The number of aromatic nitrogens is 2. The second-order valence-corrected chi connectivity index (χ2v) is 7.05. The van der Waals surface area contributed by atoms with Crippen molar-refractivity contribution in [3.05, 3.63) is 52.8 Å². The average molecular weight is 341 g/mol. The Morgan fingerprint density at radius 3 is 2.52 bits per heavy atom. The Kier molecular flexibility index (Phi) is 5.53.